The number of nitrogens with one attached hydrogen (secondary N) is 1. The molecule has 3 aliphatic rings. The molecule has 2 atom stereocenters. The number of benzene rings is 3. The maximum Gasteiger partial charge on any atom is 0.254 e. The van der Waals surface area contributed by atoms with E-state index in [0.29, 0.717) is 50.4 Å². The molecule has 0 saturated carbocycles. The van der Waals surface area contributed by atoms with Crippen molar-refractivity contribution in [3.8, 4) is 11.1 Å². The first-order chi connectivity index (χ1) is 27.3. The van der Waals surface area contributed by atoms with Crippen molar-refractivity contribution in [3.63, 3.8) is 0 Å². The molecule has 5 heterocycles. The van der Waals surface area contributed by atoms with Gasteiger partial charge in [-0.2, -0.15) is 5.10 Å². The number of rotatable bonds is 13. The predicted molar refractivity (Wildman–Crippen MR) is 221 cm³/mol. The number of anilines is 1. The minimum atomic E-state index is -0.567. The number of pyridine rings is 1. The van der Waals surface area contributed by atoms with Crippen LogP contribution >= 0.6 is 0 Å². The monoisotopic (exact) mass is 753 g/mol. The molecule has 5 aromatic rings. The fourth-order valence-electron chi connectivity index (χ4n) is 9.43. The van der Waals surface area contributed by atoms with Crippen molar-refractivity contribution < 1.29 is 14.3 Å². The zero-order valence-corrected chi connectivity index (χ0v) is 33.0. The number of amides is 2. The second kappa shape index (κ2) is 16.6. The Hall–Kier alpha value is -5.06. The van der Waals surface area contributed by atoms with Crippen molar-refractivity contribution in [3.05, 3.63) is 113 Å². The van der Waals surface area contributed by atoms with Gasteiger partial charge >= 0.3 is 0 Å². The molecule has 0 aliphatic carbocycles. The van der Waals surface area contributed by atoms with E-state index in [2.05, 4.69) is 79.6 Å². The van der Waals surface area contributed by atoms with Gasteiger partial charge in [-0.1, -0.05) is 55.5 Å². The topological polar surface area (TPSA) is 119 Å². The Morgan fingerprint density at radius 2 is 1.55 bits per heavy atom. The average Bonchev–Trinajstić information content (AvgIpc) is 3.72. The number of nitrogens with zero attached hydrogens (tertiary/aromatic N) is 5. The summed E-state index contributed by atoms with van der Waals surface area (Å²) in [5, 5.41) is 9.52. The Morgan fingerprint density at radius 3 is 2.25 bits per heavy atom. The molecule has 3 N–H and O–H groups in total. The van der Waals surface area contributed by atoms with Gasteiger partial charge in [-0.15, -0.1) is 0 Å². The van der Waals surface area contributed by atoms with Crippen LogP contribution in [-0.4, -0.2) is 74.8 Å². The number of nitrogens with two attached hydrogens (primary N) is 1. The highest BCUT2D eigenvalue weighted by atomic mass is 16.5. The van der Waals surface area contributed by atoms with Crippen molar-refractivity contribution in [2.75, 3.05) is 25.6 Å². The van der Waals surface area contributed by atoms with Crippen LogP contribution in [0, 0.1) is 5.92 Å². The summed E-state index contributed by atoms with van der Waals surface area (Å²) in [5.41, 5.74) is 14.8. The van der Waals surface area contributed by atoms with Crippen LogP contribution in [0.25, 0.3) is 22.2 Å². The summed E-state index contributed by atoms with van der Waals surface area (Å²) in [6.45, 7) is 6.96. The second-order valence-electron chi connectivity index (χ2n) is 16.1. The summed E-state index contributed by atoms with van der Waals surface area (Å²) in [7, 11) is 2.31. The summed E-state index contributed by atoms with van der Waals surface area (Å²) in [5.74, 6) is -0.0269. The van der Waals surface area contributed by atoms with Crippen molar-refractivity contribution in [1.82, 2.24) is 24.6 Å². The molecule has 10 nitrogen and oxygen atoms in total. The maximum absolute atomic E-state index is 14.7. The first-order valence-electron chi connectivity index (χ1n) is 20.6. The van der Waals surface area contributed by atoms with Gasteiger partial charge in [0.2, 0.25) is 5.91 Å². The Balaban J connectivity index is 1.13. The molecular formula is C46H55N7O3. The van der Waals surface area contributed by atoms with Gasteiger partial charge in [-0.3, -0.25) is 9.59 Å². The van der Waals surface area contributed by atoms with E-state index in [4.69, 9.17) is 20.6 Å². The number of primary amides is 1. The molecular weight excluding hydrogens is 699 g/mol. The number of aryl methyl sites for hydroxylation is 2. The van der Waals surface area contributed by atoms with Crippen molar-refractivity contribution >= 4 is 28.5 Å². The van der Waals surface area contributed by atoms with Crippen molar-refractivity contribution in [2.45, 2.75) is 103 Å². The zero-order valence-electron chi connectivity index (χ0n) is 33.0. The molecule has 0 spiro atoms. The van der Waals surface area contributed by atoms with Crippen LogP contribution in [0.2, 0.25) is 0 Å². The van der Waals surface area contributed by atoms with E-state index in [1.54, 1.807) is 24.3 Å². The van der Waals surface area contributed by atoms with E-state index in [9.17, 15) is 9.59 Å². The highest BCUT2D eigenvalue weighted by Gasteiger charge is 2.38. The van der Waals surface area contributed by atoms with E-state index < -0.39 is 5.91 Å². The smallest absolute Gasteiger partial charge is 0.254 e. The van der Waals surface area contributed by atoms with Crippen LogP contribution in [0.15, 0.2) is 79.0 Å². The number of carbonyl (C=O) groups is 2. The summed E-state index contributed by atoms with van der Waals surface area (Å²) < 4.78 is 7.63. The zero-order chi connectivity index (χ0) is 38.8. The predicted octanol–water partition coefficient (Wildman–Crippen LogP) is 7.63. The number of hydrogen-bond donors (Lipinski definition) is 2. The number of piperidine rings is 1. The molecule has 3 aromatic carbocycles. The number of carbonyl (C=O) groups excluding carboxylic acids is 2. The lowest BCUT2D eigenvalue weighted by Crippen LogP contribution is -2.40. The van der Waals surface area contributed by atoms with Crippen molar-refractivity contribution in [2.24, 2.45) is 11.7 Å². The molecule has 292 valence electrons. The first kappa shape index (κ1) is 37.8. The third-order valence-corrected chi connectivity index (χ3v) is 12.5. The SMILES string of the molecule is CCc1nc2c(cnn2CC)c(NC2CCOCC2)c1CN(Cc1cccc(-c2cccc(CC3CC4CCC(C3)N4C)c2)c1)C(=O)c1cccc(C(N)=O)c1. The minimum absolute atomic E-state index is 0.184. The van der Waals surface area contributed by atoms with E-state index in [1.807, 2.05) is 15.8 Å². The second-order valence-corrected chi connectivity index (χ2v) is 16.1. The van der Waals surface area contributed by atoms with Gasteiger partial charge in [0.1, 0.15) is 0 Å². The molecule has 8 rings (SSSR count). The fourth-order valence-corrected chi connectivity index (χ4v) is 9.43. The minimum Gasteiger partial charge on any atom is -0.381 e. The van der Waals surface area contributed by atoms with Crippen LogP contribution < -0.4 is 11.1 Å². The number of ether oxygens (including phenoxy) is 1. The number of fused-ring (bicyclic) bond motifs is 3. The van der Waals surface area contributed by atoms with Gasteiger partial charge in [-0.05, 0) is 118 Å². The van der Waals surface area contributed by atoms with E-state index in [0.717, 1.165) is 76.4 Å². The largest absolute Gasteiger partial charge is 0.381 e. The molecule has 3 fully saturated rings. The van der Waals surface area contributed by atoms with Gasteiger partial charge in [0.05, 0.1) is 23.8 Å². The highest BCUT2D eigenvalue weighted by molar-refractivity contribution is 5.99. The molecule has 10 heteroatoms. The molecule has 2 aromatic heterocycles. The Bertz CT molecular complexity index is 2190. The van der Waals surface area contributed by atoms with Crippen molar-refractivity contribution in [1.29, 1.82) is 0 Å². The number of aromatic nitrogens is 3. The Labute approximate surface area is 330 Å². The summed E-state index contributed by atoms with van der Waals surface area (Å²) in [4.78, 5) is 36.6. The Kier molecular flexibility index (Phi) is 11.2. The standard InChI is InChI=1S/C46H55N7O3/c1-4-42-41(43(49-37-17-19-56-20-18-37)40-27-48-53(5-2)45(40)50-42)29-52(46(55)36-14-8-13-35(26-36)44(47)54)28-31-10-7-12-34(23-31)33-11-6-9-30(22-33)21-32-24-38-15-16-39(25-32)51(38)3/h6-14,22-23,26-27,32,37-39H,4-5,15-21,24-25,28-29H2,1-3H3,(H2,47,54)(H,49,50). The molecule has 0 radical (unpaired) electrons. The molecule has 3 saturated heterocycles. The van der Waals surface area contributed by atoms with E-state index in [1.165, 1.54) is 36.8 Å². The van der Waals surface area contributed by atoms with Crippen LogP contribution in [0.1, 0.15) is 95.5 Å². The first-order valence-corrected chi connectivity index (χ1v) is 20.6. The van der Waals surface area contributed by atoms with E-state index >= 15 is 0 Å². The molecule has 56 heavy (non-hydrogen) atoms. The summed E-state index contributed by atoms with van der Waals surface area (Å²) in [6, 6.07) is 26.0. The van der Waals surface area contributed by atoms with Gasteiger partial charge in [0.15, 0.2) is 5.65 Å². The fraction of sp³-hybridized carbons (Fsp3) is 0.435. The lowest BCUT2D eigenvalue weighted by molar-refractivity contribution is 0.0730. The Morgan fingerprint density at radius 1 is 0.875 bits per heavy atom. The molecule has 2 amide bonds. The molecule has 2 bridgehead atoms. The van der Waals surface area contributed by atoms with Crippen LogP contribution in [0.5, 0.6) is 0 Å². The van der Waals surface area contributed by atoms with Gasteiger partial charge in [-0.25, -0.2) is 9.67 Å². The maximum atomic E-state index is 14.7. The number of hydrogen-bond acceptors (Lipinski definition) is 7. The van der Waals surface area contributed by atoms with Crippen LogP contribution in [-0.2, 0) is 37.2 Å². The summed E-state index contributed by atoms with van der Waals surface area (Å²) in [6.07, 6.45) is 10.7. The highest BCUT2D eigenvalue weighted by Crippen LogP contribution is 2.39. The lowest BCUT2D eigenvalue weighted by atomic mass is 9.85. The quantitative estimate of drug-likeness (QED) is 0.127. The van der Waals surface area contributed by atoms with Crippen LogP contribution in [0.4, 0.5) is 5.69 Å². The summed E-state index contributed by atoms with van der Waals surface area (Å²) >= 11 is 0. The van der Waals surface area contributed by atoms with Gasteiger partial charge in [0.25, 0.3) is 5.91 Å². The third kappa shape index (κ3) is 7.95. The average molecular weight is 754 g/mol. The van der Waals surface area contributed by atoms with Gasteiger partial charge in [0, 0.05) is 66.8 Å². The normalized spacial score (nSPS) is 20.0. The molecule has 2 unspecified atom stereocenters. The lowest BCUT2D eigenvalue weighted by Gasteiger charge is -2.36. The van der Waals surface area contributed by atoms with Crippen LogP contribution in [0.3, 0.4) is 0 Å². The molecule has 3 aliphatic heterocycles. The van der Waals surface area contributed by atoms with Gasteiger partial charge < -0.3 is 25.6 Å². The van der Waals surface area contributed by atoms with E-state index in [-0.39, 0.29) is 11.9 Å². The third-order valence-electron chi connectivity index (χ3n) is 12.5.